The lowest BCUT2D eigenvalue weighted by atomic mass is 9.97. The normalized spacial score (nSPS) is 27.3. The third-order valence-electron chi connectivity index (χ3n) is 5.23. The van der Waals surface area contributed by atoms with Gasteiger partial charge in [0.05, 0.1) is 20.1 Å². The molecule has 126 valence electrons. The van der Waals surface area contributed by atoms with Crippen molar-refractivity contribution in [2.75, 3.05) is 27.3 Å². The lowest BCUT2D eigenvalue weighted by molar-refractivity contribution is -0.134. The lowest BCUT2D eigenvalue weighted by Gasteiger charge is -2.23. The van der Waals surface area contributed by atoms with Crippen LogP contribution in [0.2, 0.25) is 0 Å². The highest BCUT2D eigenvalue weighted by Gasteiger charge is 2.36. The summed E-state index contributed by atoms with van der Waals surface area (Å²) in [5.41, 5.74) is 7.26. The van der Waals surface area contributed by atoms with E-state index in [4.69, 9.17) is 15.2 Å². The van der Waals surface area contributed by atoms with Gasteiger partial charge in [-0.3, -0.25) is 4.79 Å². The van der Waals surface area contributed by atoms with E-state index in [1.54, 1.807) is 14.2 Å². The molecule has 1 aromatic carbocycles. The SMILES string of the molecule is COc1cc(OC)cc([C@@H]2CCN(C(=O)[C@@H]3CCC[C@H]3N)C2)c1. The Morgan fingerprint density at radius 1 is 1.13 bits per heavy atom. The minimum Gasteiger partial charge on any atom is -0.497 e. The molecule has 0 radical (unpaired) electrons. The summed E-state index contributed by atoms with van der Waals surface area (Å²) in [7, 11) is 3.31. The van der Waals surface area contributed by atoms with Gasteiger partial charge in [0, 0.05) is 31.1 Å². The first-order valence-corrected chi connectivity index (χ1v) is 8.39. The molecule has 2 aliphatic rings. The highest BCUT2D eigenvalue weighted by molar-refractivity contribution is 5.80. The van der Waals surface area contributed by atoms with Crippen LogP contribution in [0.4, 0.5) is 0 Å². The zero-order valence-electron chi connectivity index (χ0n) is 14.0. The van der Waals surface area contributed by atoms with Gasteiger partial charge >= 0.3 is 0 Å². The monoisotopic (exact) mass is 318 g/mol. The predicted octanol–water partition coefficient (Wildman–Crippen LogP) is 2.15. The van der Waals surface area contributed by atoms with Crippen LogP contribution in [0.25, 0.3) is 0 Å². The minimum atomic E-state index is 0.0218. The maximum absolute atomic E-state index is 12.7. The van der Waals surface area contributed by atoms with Gasteiger partial charge in [-0.25, -0.2) is 0 Å². The third kappa shape index (κ3) is 3.29. The Labute approximate surface area is 137 Å². The molecule has 1 saturated heterocycles. The third-order valence-corrected chi connectivity index (χ3v) is 5.23. The molecule has 1 aliphatic carbocycles. The summed E-state index contributed by atoms with van der Waals surface area (Å²) in [6, 6.07) is 6.00. The summed E-state index contributed by atoms with van der Waals surface area (Å²) in [6.45, 7) is 1.57. The molecule has 1 amide bonds. The van der Waals surface area contributed by atoms with Gasteiger partial charge in [-0.15, -0.1) is 0 Å². The highest BCUT2D eigenvalue weighted by atomic mass is 16.5. The fraction of sp³-hybridized carbons (Fsp3) is 0.611. The number of benzene rings is 1. The number of hydrogen-bond acceptors (Lipinski definition) is 4. The van der Waals surface area contributed by atoms with Crippen LogP contribution in [0.1, 0.15) is 37.2 Å². The zero-order valence-corrected chi connectivity index (χ0v) is 14.0. The molecule has 0 spiro atoms. The van der Waals surface area contributed by atoms with Crippen molar-refractivity contribution in [3.63, 3.8) is 0 Å². The first-order chi connectivity index (χ1) is 11.1. The van der Waals surface area contributed by atoms with E-state index in [2.05, 4.69) is 0 Å². The van der Waals surface area contributed by atoms with Gasteiger partial charge in [-0.1, -0.05) is 6.42 Å². The Hall–Kier alpha value is -1.75. The van der Waals surface area contributed by atoms with E-state index in [1.165, 1.54) is 5.56 Å². The van der Waals surface area contributed by atoms with Crippen LogP contribution in [-0.2, 0) is 4.79 Å². The summed E-state index contributed by atoms with van der Waals surface area (Å²) < 4.78 is 10.7. The van der Waals surface area contributed by atoms with Crippen molar-refractivity contribution in [2.45, 2.75) is 37.6 Å². The summed E-state index contributed by atoms with van der Waals surface area (Å²) in [5, 5.41) is 0. The van der Waals surface area contributed by atoms with Crippen LogP contribution in [0.15, 0.2) is 18.2 Å². The van der Waals surface area contributed by atoms with E-state index in [1.807, 2.05) is 23.1 Å². The Kier molecular flexibility index (Phi) is 4.76. The van der Waals surface area contributed by atoms with Gasteiger partial charge in [-0.05, 0) is 37.0 Å². The molecule has 0 bridgehead atoms. The smallest absolute Gasteiger partial charge is 0.227 e. The number of hydrogen-bond donors (Lipinski definition) is 1. The maximum atomic E-state index is 12.7. The molecule has 1 aromatic rings. The number of nitrogens with zero attached hydrogens (tertiary/aromatic N) is 1. The van der Waals surface area contributed by atoms with Gasteiger partial charge in [0.1, 0.15) is 11.5 Å². The van der Waals surface area contributed by atoms with Crippen molar-refractivity contribution >= 4 is 5.91 Å². The van der Waals surface area contributed by atoms with Crippen molar-refractivity contribution in [1.82, 2.24) is 4.90 Å². The molecule has 2 N–H and O–H groups in total. The highest BCUT2D eigenvalue weighted by Crippen LogP contribution is 2.34. The van der Waals surface area contributed by atoms with Crippen LogP contribution in [0.3, 0.4) is 0 Å². The van der Waals surface area contributed by atoms with Crippen LogP contribution in [0, 0.1) is 5.92 Å². The van der Waals surface area contributed by atoms with Crippen LogP contribution in [0.5, 0.6) is 11.5 Å². The second kappa shape index (κ2) is 6.79. The summed E-state index contributed by atoms with van der Waals surface area (Å²) in [6.07, 6.45) is 3.96. The number of amides is 1. The molecule has 3 atom stereocenters. The molecule has 0 unspecified atom stereocenters. The topological polar surface area (TPSA) is 64.8 Å². The van der Waals surface area contributed by atoms with Crippen molar-refractivity contribution < 1.29 is 14.3 Å². The van der Waals surface area contributed by atoms with E-state index in [-0.39, 0.29) is 17.9 Å². The summed E-state index contributed by atoms with van der Waals surface area (Å²) in [5.74, 6) is 2.19. The van der Waals surface area contributed by atoms with Crippen molar-refractivity contribution in [1.29, 1.82) is 0 Å². The van der Waals surface area contributed by atoms with Crippen LogP contribution in [-0.4, -0.2) is 44.2 Å². The number of likely N-dealkylation sites (tertiary alicyclic amines) is 1. The van der Waals surface area contributed by atoms with Crippen LogP contribution < -0.4 is 15.2 Å². The molecule has 2 fully saturated rings. The molecule has 5 nitrogen and oxygen atoms in total. The van der Waals surface area contributed by atoms with E-state index < -0.39 is 0 Å². The Morgan fingerprint density at radius 3 is 2.39 bits per heavy atom. The number of carbonyl (C=O) groups excluding carboxylic acids is 1. The minimum absolute atomic E-state index is 0.0218. The van der Waals surface area contributed by atoms with Gasteiger partial charge in [0.2, 0.25) is 5.91 Å². The first kappa shape index (κ1) is 16.1. The average molecular weight is 318 g/mol. The Balaban J connectivity index is 1.71. The second-order valence-corrected chi connectivity index (χ2v) is 6.62. The number of nitrogens with two attached hydrogens (primary N) is 1. The lowest BCUT2D eigenvalue weighted by Crippen LogP contribution is -2.40. The molecule has 3 rings (SSSR count). The molecule has 5 heteroatoms. The second-order valence-electron chi connectivity index (χ2n) is 6.62. The molecule has 1 saturated carbocycles. The maximum Gasteiger partial charge on any atom is 0.227 e. The zero-order chi connectivity index (χ0) is 16.4. The van der Waals surface area contributed by atoms with Crippen molar-refractivity contribution in [3.8, 4) is 11.5 Å². The fourth-order valence-corrected chi connectivity index (χ4v) is 3.83. The number of rotatable bonds is 4. The molecular weight excluding hydrogens is 292 g/mol. The van der Waals surface area contributed by atoms with Crippen LogP contribution >= 0.6 is 0 Å². The first-order valence-electron chi connectivity index (χ1n) is 8.39. The molecule has 1 aliphatic heterocycles. The Morgan fingerprint density at radius 2 is 1.83 bits per heavy atom. The van der Waals surface area contributed by atoms with E-state index in [9.17, 15) is 4.79 Å². The number of carbonyl (C=O) groups is 1. The summed E-state index contributed by atoms with van der Waals surface area (Å²) >= 11 is 0. The standard InChI is InChI=1S/C18H26N2O3/c1-22-14-8-13(9-15(10-14)23-2)12-6-7-20(11-12)18(21)16-4-3-5-17(16)19/h8-10,12,16-17H,3-7,11,19H2,1-2H3/t12-,16-,17-/m1/s1. The molecular formula is C18H26N2O3. The summed E-state index contributed by atoms with van der Waals surface area (Å²) in [4.78, 5) is 14.7. The van der Waals surface area contributed by atoms with Crippen molar-refractivity contribution in [3.05, 3.63) is 23.8 Å². The van der Waals surface area contributed by atoms with Gasteiger partial charge in [-0.2, -0.15) is 0 Å². The molecule has 0 aromatic heterocycles. The Bertz CT molecular complexity index is 553. The van der Waals surface area contributed by atoms with E-state index >= 15 is 0 Å². The number of methoxy groups -OCH3 is 2. The van der Waals surface area contributed by atoms with E-state index in [0.29, 0.717) is 5.92 Å². The van der Waals surface area contributed by atoms with Gasteiger partial charge in [0.25, 0.3) is 0 Å². The van der Waals surface area contributed by atoms with Crippen molar-refractivity contribution in [2.24, 2.45) is 11.7 Å². The molecule has 23 heavy (non-hydrogen) atoms. The fourth-order valence-electron chi connectivity index (χ4n) is 3.83. The van der Waals surface area contributed by atoms with E-state index in [0.717, 1.165) is 50.3 Å². The number of ether oxygens (including phenoxy) is 2. The average Bonchev–Trinajstić information content (AvgIpc) is 3.22. The quantitative estimate of drug-likeness (QED) is 0.924. The van der Waals surface area contributed by atoms with Gasteiger partial charge in [0.15, 0.2) is 0 Å². The predicted molar refractivity (Wildman–Crippen MR) is 88.8 cm³/mol. The largest absolute Gasteiger partial charge is 0.497 e. The van der Waals surface area contributed by atoms with Gasteiger partial charge < -0.3 is 20.1 Å². The molecule has 1 heterocycles.